The predicted molar refractivity (Wildman–Crippen MR) is 124 cm³/mol. The fraction of sp³-hybridized carbons (Fsp3) is 0.652. The zero-order valence-corrected chi connectivity index (χ0v) is 19.8. The number of carboxylic acid groups (broad SMARTS) is 1. The largest absolute Gasteiger partial charge is 0.465 e. The smallest absolute Gasteiger partial charge is 0.407 e. The molecule has 0 spiro atoms. The summed E-state index contributed by atoms with van der Waals surface area (Å²) >= 11 is 1.87. The monoisotopic (exact) mass is 432 g/mol. The van der Waals surface area contributed by atoms with Gasteiger partial charge < -0.3 is 19.5 Å². The van der Waals surface area contributed by atoms with Gasteiger partial charge >= 0.3 is 6.09 Å². The molecule has 166 valence electrons. The number of thioether (sulfide) groups is 1. The van der Waals surface area contributed by atoms with E-state index in [1.54, 1.807) is 0 Å². The van der Waals surface area contributed by atoms with Gasteiger partial charge in [-0.25, -0.2) is 9.78 Å². The van der Waals surface area contributed by atoms with Crippen molar-refractivity contribution in [3.8, 4) is 0 Å². The van der Waals surface area contributed by atoms with Crippen molar-refractivity contribution in [2.75, 3.05) is 39.5 Å². The Hall–Kier alpha value is -1.73. The van der Waals surface area contributed by atoms with Crippen LogP contribution < -0.4 is 0 Å². The lowest BCUT2D eigenvalue weighted by molar-refractivity contribution is 0.127. The highest BCUT2D eigenvalue weighted by Gasteiger charge is 2.23. The summed E-state index contributed by atoms with van der Waals surface area (Å²) in [5, 5.41) is 9.11. The summed E-state index contributed by atoms with van der Waals surface area (Å²) in [4.78, 5) is 21.1. The predicted octanol–water partition coefficient (Wildman–Crippen LogP) is 4.67. The van der Waals surface area contributed by atoms with Crippen LogP contribution in [0.15, 0.2) is 23.1 Å². The Balaban J connectivity index is 1.71. The quantitative estimate of drug-likeness (QED) is 0.644. The van der Waals surface area contributed by atoms with Gasteiger partial charge in [-0.1, -0.05) is 20.8 Å². The molecule has 0 unspecified atom stereocenters. The maximum Gasteiger partial charge on any atom is 0.407 e. The molecule has 2 aromatic rings. The van der Waals surface area contributed by atoms with Crippen LogP contribution in [0.1, 0.15) is 39.4 Å². The maximum absolute atomic E-state index is 11.1. The van der Waals surface area contributed by atoms with E-state index < -0.39 is 6.09 Å². The van der Waals surface area contributed by atoms with Crippen LogP contribution in [-0.2, 0) is 13.0 Å². The first-order chi connectivity index (χ1) is 14.1. The Labute approximate surface area is 184 Å². The van der Waals surface area contributed by atoms with Crippen LogP contribution in [0.4, 0.5) is 4.79 Å². The number of likely N-dealkylation sites (N-methyl/N-ethyl adjacent to an activating group) is 1. The third-order valence-electron chi connectivity index (χ3n) is 5.63. The highest BCUT2D eigenvalue weighted by molar-refractivity contribution is 7.99. The number of likely N-dealkylation sites (tertiary alicyclic amines) is 1. The molecule has 1 fully saturated rings. The molecule has 3 rings (SSSR count). The minimum Gasteiger partial charge on any atom is -0.465 e. The molecule has 1 aromatic carbocycles. The number of hydrogen-bond donors (Lipinski definition) is 1. The van der Waals surface area contributed by atoms with E-state index in [1.165, 1.54) is 21.1 Å². The van der Waals surface area contributed by atoms with E-state index in [0.717, 1.165) is 43.6 Å². The Morgan fingerprint density at radius 3 is 2.57 bits per heavy atom. The maximum atomic E-state index is 11.1. The first kappa shape index (κ1) is 22.9. The first-order valence-corrected chi connectivity index (χ1v) is 11.9. The molecule has 1 aromatic heterocycles. The summed E-state index contributed by atoms with van der Waals surface area (Å²) in [6.45, 7) is 10.1. The van der Waals surface area contributed by atoms with Crippen molar-refractivity contribution in [1.82, 2.24) is 19.4 Å². The number of piperidine rings is 1. The van der Waals surface area contributed by atoms with Crippen LogP contribution in [0.3, 0.4) is 0 Å². The number of amides is 1. The summed E-state index contributed by atoms with van der Waals surface area (Å²) in [5.74, 6) is 2.78. The van der Waals surface area contributed by atoms with Crippen molar-refractivity contribution in [2.24, 2.45) is 11.3 Å². The molecular weight excluding hydrogens is 396 g/mol. The molecule has 0 radical (unpaired) electrons. The standard InChI is InChI=1S/C23H36N4O2S/c1-23(2,3)15-21-24-19-14-18(6-7-20(19)27(21)13-12-25(4)5)30-16-17-8-10-26(11-9-17)22(28)29/h6-7,14,17H,8-13,15-16H2,1-5H3,(H,28,29). The molecule has 1 amide bonds. The molecule has 0 aliphatic carbocycles. The highest BCUT2D eigenvalue weighted by Crippen LogP contribution is 2.30. The average molecular weight is 433 g/mol. The van der Waals surface area contributed by atoms with E-state index in [0.29, 0.717) is 19.0 Å². The van der Waals surface area contributed by atoms with Gasteiger partial charge in [0.25, 0.3) is 0 Å². The van der Waals surface area contributed by atoms with Gasteiger partial charge in [0.15, 0.2) is 0 Å². The van der Waals surface area contributed by atoms with Crippen LogP contribution in [0, 0.1) is 11.3 Å². The second kappa shape index (κ2) is 9.60. The van der Waals surface area contributed by atoms with Crippen LogP contribution in [-0.4, -0.2) is 70.0 Å². The molecule has 1 aliphatic rings. The number of rotatable bonds is 7. The Morgan fingerprint density at radius 1 is 1.27 bits per heavy atom. The molecule has 0 bridgehead atoms. The summed E-state index contributed by atoms with van der Waals surface area (Å²) in [7, 11) is 4.22. The van der Waals surface area contributed by atoms with Gasteiger partial charge in [0.1, 0.15) is 5.82 Å². The number of hydrogen-bond acceptors (Lipinski definition) is 4. The SMILES string of the molecule is CN(C)CCn1c(CC(C)(C)C)nc2cc(SCC3CCN(C(=O)O)CC3)ccc21. The van der Waals surface area contributed by atoms with Crippen LogP contribution in [0.5, 0.6) is 0 Å². The normalized spacial score (nSPS) is 16.0. The minimum atomic E-state index is -0.789. The van der Waals surface area contributed by atoms with Crippen LogP contribution in [0.25, 0.3) is 11.0 Å². The lowest BCUT2D eigenvalue weighted by atomic mass is 9.92. The van der Waals surface area contributed by atoms with Gasteiger partial charge in [-0.2, -0.15) is 0 Å². The molecule has 1 aliphatic heterocycles. The lowest BCUT2D eigenvalue weighted by Crippen LogP contribution is -2.37. The number of imidazole rings is 1. The van der Waals surface area contributed by atoms with E-state index in [1.807, 2.05) is 11.8 Å². The minimum absolute atomic E-state index is 0.194. The third-order valence-corrected chi connectivity index (χ3v) is 6.85. The van der Waals surface area contributed by atoms with E-state index in [4.69, 9.17) is 10.1 Å². The molecule has 1 N–H and O–H groups in total. The van der Waals surface area contributed by atoms with Crippen LogP contribution in [0.2, 0.25) is 0 Å². The fourth-order valence-electron chi connectivity index (χ4n) is 3.91. The number of benzene rings is 1. The van der Waals surface area contributed by atoms with Gasteiger partial charge in [-0.15, -0.1) is 11.8 Å². The zero-order chi connectivity index (χ0) is 21.9. The third kappa shape index (κ3) is 6.14. The summed E-state index contributed by atoms with van der Waals surface area (Å²) in [6.07, 6.45) is 2.08. The van der Waals surface area contributed by atoms with Crippen molar-refractivity contribution >= 4 is 28.9 Å². The van der Waals surface area contributed by atoms with E-state index in [9.17, 15) is 4.79 Å². The van der Waals surface area contributed by atoms with E-state index in [-0.39, 0.29) is 5.41 Å². The first-order valence-electron chi connectivity index (χ1n) is 10.9. The highest BCUT2D eigenvalue weighted by atomic mass is 32.2. The summed E-state index contributed by atoms with van der Waals surface area (Å²) in [6, 6.07) is 6.66. The molecule has 1 saturated heterocycles. The summed E-state index contributed by atoms with van der Waals surface area (Å²) < 4.78 is 2.39. The number of aromatic nitrogens is 2. The second-order valence-corrected chi connectivity index (χ2v) is 11.0. The van der Waals surface area contributed by atoms with Gasteiger partial charge in [-0.3, -0.25) is 0 Å². The van der Waals surface area contributed by atoms with E-state index >= 15 is 0 Å². The van der Waals surface area contributed by atoms with Crippen molar-refractivity contribution in [2.45, 2.75) is 51.5 Å². The lowest BCUT2D eigenvalue weighted by Gasteiger charge is -2.29. The fourth-order valence-corrected chi connectivity index (χ4v) is 5.03. The molecule has 0 atom stereocenters. The van der Waals surface area contributed by atoms with Crippen LogP contribution >= 0.6 is 11.8 Å². The molecule has 6 nitrogen and oxygen atoms in total. The Bertz CT molecular complexity index is 864. The van der Waals surface area contributed by atoms with Crippen molar-refractivity contribution < 1.29 is 9.90 Å². The molecule has 7 heteroatoms. The van der Waals surface area contributed by atoms with Gasteiger partial charge in [0, 0.05) is 43.2 Å². The van der Waals surface area contributed by atoms with Crippen molar-refractivity contribution in [3.05, 3.63) is 24.0 Å². The van der Waals surface area contributed by atoms with Gasteiger partial charge in [-0.05, 0) is 56.5 Å². The molecule has 30 heavy (non-hydrogen) atoms. The number of nitrogens with zero attached hydrogens (tertiary/aromatic N) is 4. The van der Waals surface area contributed by atoms with Crippen molar-refractivity contribution in [1.29, 1.82) is 0 Å². The zero-order valence-electron chi connectivity index (χ0n) is 19.0. The average Bonchev–Trinajstić information content (AvgIpc) is 2.99. The van der Waals surface area contributed by atoms with Gasteiger partial charge in [0.2, 0.25) is 0 Å². The molecule has 2 heterocycles. The van der Waals surface area contributed by atoms with E-state index in [2.05, 4.69) is 62.5 Å². The molecular formula is C23H36N4O2S. The second-order valence-electron chi connectivity index (χ2n) is 9.89. The summed E-state index contributed by atoms with van der Waals surface area (Å²) in [5.41, 5.74) is 2.49. The number of carbonyl (C=O) groups is 1. The molecule has 0 saturated carbocycles. The Kier molecular flexibility index (Phi) is 7.34. The van der Waals surface area contributed by atoms with Gasteiger partial charge in [0.05, 0.1) is 11.0 Å². The topological polar surface area (TPSA) is 61.6 Å². The van der Waals surface area contributed by atoms with Crippen molar-refractivity contribution in [3.63, 3.8) is 0 Å². The number of fused-ring (bicyclic) bond motifs is 1. The Morgan fingerprint density at radius 2 is 1.97 bits per heavy atom.